The Kier molecular flexibility index (Phi) is 5.10. The minimum Gasteiger partial charge on any atom is -0.343 e. The van der Waals surface area contributed by atoms with Crippen LogP contribution in [0.25, 0.3) is 5.57 Å². The second kappa shape index (κ2) is 7.46. The van der Waals surface area contributed by atoms with E-state index in [0.29, 0.717) is 16.9 Å². The third kappa shape index (κ3) is 3.21. The summed E-state index contributed by atoms with van der Waals surface area (Å²) in [5.74, 6) is 3.52. The van der Waals surface area contributed by atoms with Crippen LogP contribution >= 0.6 is 0 Å². The Morgan fingerprint density at radius 2 is 1.90 bits per heavy atom. The van der Waals surface area contributed by atoms with Crippen LogP contribution in [0.1, 0.15) is 83.3 Å². The predicted octanol–water partition coefficient (Wildman–Crippen LogP) is 6.27. The molecule has 0 saturated heterocycles. The van der Waals surface area contributed by atoms with E-state index in [1.165, 1.54) is 62.5 Å². The highest BCUT2D eigenvalue weighted by molar-refractivity contribution is 5.73. The molecule has 0 aromatic carbocycles. The van der Waals surface area contributed by atoms with E-state index in [1.807, 2.05) is 18.1 Å². The van der Waals surface area contributed by atoms with Gasteiger partial charge in [-0.3, -0.25) is 9.78 Å². The summed E-state index contributed by atoms with van der Waals surface area (Å²) in [5, 5.41) is 0. The standard InChI is InChI=1S/C28H40N2O/c1-18-14-20(17-29-16-18)24-8-9-25-23-7-6-21-15-22(30(5)19(2)31)10-12-27(21,3)26(23)11-13-28(24,25)4/h8,14,16-17,21-23,25-26H,6-7,9-13,15H2,1-5H3/t21?,22?,23?,25?,26?,27-,28+/m0/s1. The Hall–Kier alpha value is -1.64. The molecule has 168 valence electrons. The van der Waals surface area contributed by atoms with E-state index < -0.39 is 0 Å². The first-order chi connectivity index (χ1) is 14.7. The maximum absolute atomic E-state index is 12.0. The van der Waals surface area contributed by atoms with Gasteiger partial charge in [-0.2, -0.15) is 0 Å². The summed E-state index contributed by atoms with van der Waals surface area (Å²) in [6.45, 7) is 9.06. The number of allylic oxidation sites excluding steroid dienone is 2. The van der Waals surface area contributed by atoms with Gasteiger partial charge >= 0.3 is 0 Å². The maximum Gasteiger partial charge on any atom is 0.219 e. The molecule has 1 aromatic rings. The quantitative estimate of drug-likeness (QED) is 0.565. The second-order valence-corrected chi connectivity index (χ2v) is 11.8. The number of hydrogen-bond donors (Lipinski definition) is 0. The van der Waals surface area contributed by atoms with Crippen LogP contribution in [-0.4, -0.2) is 28.9 Å². The number of carbonyl (C=O) groups excluding carboxylic acids is 1. The van der Waals surface area contributed by atoms with Crippen LogP contribution in [0.3, 0.4) is 0 Å². The molecule has 7 atom stereocenters. The molecule has 0 bridgehead atoms. The molecule has 3 saturated carbocycles. The van der Waals surface area contributed by atoms with Crippen LogP contribution in [0.5, 0.6) is 0 Å². The maximum atomic E-state index is 12.0. The Balaban J connectivity index is 1.37. The Bertz CT molecular complexity index is 906. The monoisotopic (exact) mass is 420 g/mol. The lowest BCUT2D eigenvalue weighted by Gasteiger charge is -2.61. The number of aryl methyl sites for hydroxylation is 1. The first kappa shape index (κ1) is 21.2. The molecule has 1 aromatic heterocycles. The fourth-order valence-corrected chi connectivity index (χ4v) is 8.56. The zero-order valence-corrected chi connectivity index (χ0v) is 20.2. The smallest absolute Gasteiger partial charge is 0.219 e. The third-order valence-electron chi connectivity index (χ3n) is 10.4. The molecule has 0 aliphatic heterocycles. The predicted molar refractivity (Wildman–Crippen MR) is 126 cm³/mol. The number of hydrogen-bond acceptors (Lipinski definition) is 2. The molecular formula is C28H40N2O. The molecule has 3 fully saturated rings. The van der Waals surface area contributed by atoms with E-state index in [4.69, 9.17) is 0 Å². The number of pyridine rings is 1. The van der Waals surface area contributed by atoms with Crippen LogP contribution < -0.4 is 0 Å². The molecule has 0 N–H and O–H groups in total. The van der Waals surface area contributed by atoms with Gasteiger partial charge in [-0.25, -0.2) is 0 Å². The zero-order chi connectivity index (χ0) is 22.0. The van der Waals surface area contributed by atoms with Crippen molar-refractivity contribution in [2.45, 2.75) is 85.1 Å². The SMILES string of the molecule is CC(=O)N(C)C1CC[C@@]2(C)C(CCC3C2CC[C@]2(C)C(c4cncc(C)c4)=CCC32)C1. The van der Waals surface area contributed by atoms with Crippen molar-refractivity contribution in [2.24, 2.45) is 34.5 Å². The fraction of sp³-hybridized carbons (Fsp3) is 0.714. The van der Waals surface area contributed by atoms with Crippen molar-refractivity contribution in [3.63, 3.8) is 0 Å². The summed E-state index contributed by atoms with van der Waals surface area (Å²) < 4.78 is 0. The van der Waals surface area contributed by atoms with Crippen LogP contribution in [0.2, 0.25) is 0 Å². The van der Waals surface area contributed by atoms with Crippen molar-refractivity contribution in [1.82, 2.24) is 9.88 Å². The summed E-state index contributed by atoms with van der Waals surface area (Å²) in [4.78, 5) is 18.5. The van der Waals surface area contributed by atoms with Crippen LogP contribution in [0, 0.1) is 41.4 Å². The van der Waals surface area contributed by atoms with Crippen molar-refractivity contribution in [1.29, 1.82) is 0 Å². The second-order valence-electron chi connectivity index (χ2n) is 11.8. The largest absolute Gasteiger partial charge is 0.343 e. The van der Waals surface area contributed by atoms with E-state index >= 15 is 0 Å². The van der Waals surface area contributed by atoms with Gasteiger partial charge in [0.15, 0.2) is 0 Å². The van der Waals surface area contributed by atoms with Crippen LogP contribution in [0.15, 0.2) is 24.5 Å². The molecule has 5 unspecified atom stereocenters. The number of carbonyl (C=O) groups is 1. The molecule has 1 heterocycles. The molecular weight excluding hydrogens is 380 g/mol. The average Bonchev–Trinajstić information content (AvgIpc) is 3.10. The lowest BCUT2D eigenvalue weighted by molar-refractivity contribution is -0.136. The molecule has 31 heavy (non-hydrogen) atoms. The van der Waals surface area contributed by atoms with Gasteiger partial charge in [-0.05, 0) is 116 Å². The minimum atomic E-state index is 0.228. The highest BCUT2D eigenvalue weighted by Gasteiger charge is 2.58. The summed E-state index contributed by atoms with van der Waals surface area (Å²) >= 11 is 0. The van der Waals surface area contributed by atoms with E-state index in [2.05, 4.69) is 44.1 Å². The van der Waals surface area contributed by atoms with E-state index in [9.17, 15) is 4.79 Å². The highest BCUT2D eigenvalue weighted by Crippen LogP contribution is 2.67. The van der Waals surface area contributed by atoms with Crippen LogP contribution in [0.4, 0.5) is 0 Å². The molecule has 4 aliphatic carbocycles. The van der Waals surface area contributed by atoms with Gasteiger partial charge in [0.25, 0.3) is 0 Å². The first-order valence-corrected chi connectivity index (χ1v) is 12.6. The van der Waals surface area contributed by atoms with Gasteiger partial charge in [-0.15, -0.1) is 0 Å². The molecule has 3 heteroatoms. The molecule has 5 rings (SSSR count). The average molecular weight is 421 g/mol. The Morgan fingerprint density at radius 3 is 2.65 bits per heavy atom. The van der Waals surface area contributed by atoms with Crippen molar-refractivity contribution < 1.29 is 4.79 Å². The van der Waals surface area contributed by atoms with Gasteiger partial charge in [0.05, 0.1) is 0 Å². The molecule has 1 amide bonds. The number of rotatable bonds is 2. The fourth-order valence-electron chi connectivity index (χ4n) is 8.56. The van der Waals surface area contributed by atoms with E-state index in [1.54, 1.807) is 12.5 Å². The topological polar surface area (TPSA) is 33.2 Å². The summed E-state index contributed by atoms with van der Waals surface area (Å²) in [5.41, 5.74) is 4.97. The van der Waals surface area contributed by atoms with Gasteiger partial charge in [0, 0.05) is 32.4 Å². The molecule has 0 radical (unpaired) electrons. The Labute approximate surface area is 188 Å². The summed E-state index contributed by atoms with van der Waals surface area (Å²) in [7, 11) is 2.01. The third-order valence-corrected chi connectivity index (χ3v) is 10.4. The highest BCUT2D eigenvalue weighted by atomic mass is 16.2. The summed E-state index contributed by atoms with van der Waals surface area (Å²) in [6, 6.07) is 2.79. The van der Waals surface area contributed by atoms with Gasteiger partial charge in [0.2, 0.25) is 5.91 Å². The zero-order valence-electron chi connectivity index (χ0n) is 20.2. The van der Waals surface area contributed by atoms with Crippen LogP contribution in [-0.2, 0) is 4.79 Å². The number of aromatic nitrogens is 1. The van der Waals surface area contributed by atoms with Crippen molar-refractivity contribution >= 4 is 11.5 Å². The van der Waals surface area contributed by atoms with Gasteiger partial charge < -0.3 is 4.90 Å². The minimum absolute atomic E-state index is 0.228. The molecule has 3 nitrogen and oxygen atoms in total. The number of amides is 1. The number of nitrogens with zero attached hydrogens (tertiary/aromatic N) is 2. The lowest BCUT2D eigenvalue weighted by atomic mass is 9.44. The van der Waals surface area contributed by atoms with Crippen molar-refractivity contribution in [3.8, 4) is 0 Å². The molecule has 4 aliphatic rings. The summed E-state index contributed by atoms with van der Waals surface area (Å²) in [6.07, 6.45) is 17.0. The normalized spacial score (nSPS) is 41.6. The van der Waals surface area contributed by atoms with E-state index in [0.717, 1.165) is 23.7 Å². The first-order valence-electron chi connectivity index (χ1n) is 12.6. The lowest BCUT2D eigenvalue weighted by Crippen LogP contribution is -2.55. The van der Waals surface area contributed by atoms with Crippen molar-refractivity contribution in [3.05, 3.63) is 35.7 Å². The van der Waals surface area contributed by atoms with Crippen molar-refractivity contribution in [2.75, 3.05) is 7.05 Å². The van der Waals surface area contributed by atoms with Gasteiger partial charge in [-0.1, -0.05) is 19.9 Å². The number of fused-ring (bicyclic) bond motifs is 5. The van der Waals surface area contributed by atoms with Gasteiger partial charge in [0.1, 0.15) is 0 Å². The Morgan fingerprint density at radius 1 is 1.10 bits per heavy atom. The molecule has 0 spiro atoms. The van der Waals surface area contributed by atoms with E-state index in [-0.39, 0.29) is 5.91 Å².